The highest BCUT2D eigenvalue weighted by atomic mass is 16.3. The van der Waals surface area contributed by atoms with Crippen LogP contribution in [0, 0.1) is 13.8 Å². The van der Waals surface area contributed by atoms with E-state index >= 15 is 0 Å². The Labute approximate surface area is 309 Å². The highest BCUT2D eigenvalue weighted by Crippen LogP contribution is 2.54. The first-order valence-corrected chi connectivity index (χ1v) is 19.2. The number of benzene rings is 4. The fraction of sp³-hybridized carbons (Fsp3) is 0.500. The molecule has 0 spiro atoms. The molecule has 0 heterocycles. The number of aryl methyl sites for hydroxylation is 2. The molecule has 0 amide bonds. The molecule has 282 valence electrons. The van der Waals surface area contributed by atoms with E-state index in [0.717, 1.165) is 51.4 Å². The second kappa shape index (κ2) is 16.9. The predicted octanol–water partition coefficient (Wildman–Crippen LogP) is 11.5. The van der Waals surface area contributed by atoms with Crippen LogP contribution >= 0.6 is 0 Å². The van der Waals surface area contributed by atoms with E-state index < -0.39 is 0 Å². The molecule has 0 saturated heterocycles. The average Bonchev–Trinajstić information content (AvgIpc) is 3.07. The summed E-state index contributed by atoms with van der Waals surface area (Å²) in [7, 11) is 0. The third-order valence-corrected chi connectivity index (χ3v) is 10.3. The van der Waals surface area contributed by atoms with E-state index in [9.17, 15) is 30.6 Å². The van der Waals surface area contributed by atoms with Crippen LogP contribution in [0.15, 0.2) is 22.1 Å². The zero-order valence-electron chi connectivity index (χ0n) is 32.9. The highest BCUT2D eigenvalue weighted by Gasteiger charge is 2.29. The summed E-state index contributed by atoms with van der Waals surface area (Å²) in [6, 6.07) is 3.80. The number of aliphatic imine (C=N–C) groups is 2. The number of phenolic OH excluding ortho intramolecular Hbond substituents is 6. The molecule has 0 saturated carbocycles. The fourth-order valence-electron chi connectivity index (χ4n) is 7.90. The number of fused-ring (bicyclic) bond motifs is 2. The largest absolute Gasteiger partial charge is 0.507 e. The van der Waals surface area contributed by atoms with Crippen LogP contribution in [0.1, 0.15) is 152 Å². The lowest BCUT2D eigenvalue weighted by Gasteiger charge is -2.24. The van der Waals surface area contributed by atoms with Gasteiger partial charge in [0.1, 0.15) is 11.5 Å². The predicted molar refractivity (Wildman–Crippen MR) is 217 cm³/mol. The van der Waals surface area contributed by atoms with Gasteiger partial charge in [-0.05, 0) is 73.3 Å². The van der Waals surface area contributed by atoms with Crippen molar-refractivity contribution in [2.75, 3.05) is 0 Å². The van der Waals surface area contributed by atoms with Gasteiger partial charge in [-0.25, -0.2) is 0 Å². The summed E-state index contributed by atoms with van der Waals surface area (Å²) in [6.07, 6.45) is 10.4. The van der Waals surface area contributed by atoms with E-state index in [-0.39, 0.29) is 69.5 Å². The van der Waals surface area contributed by atoms with Crippen LogP contribution in [-0.4, -0.2) is 55.2 Å². The summed E-state index contributed by atoms with van der Waals surface area (Å²) in [5.41, 5.74) is 3.41. The molecule has 52 heavy (non-hydrogen) atoms. The van der Waals surface area contributed by atoms with Crippen LogP contribution in [0.3, 0.4) is 0 Å². The van der Waals surface area contributed by atoms with E-state index in [1.54, 1.807) is 12.4 Å². The number of hydrogen-bond acceptors (Lipinski definition) is 8. The SMILES string of the molecule is CCCC(CCC)N=Cc1c(O)c(O)c(C(C)C)c2cc(C)c(-c3c(C)cc4c(C(C)C)c(O)c(O)c(C=NC(CCC)CCC)c4c3O)c(O)c12. The topological polar surface area (TPSA) is 146 Å². The summed E-state index contributed by atoms with van der Waals surface area (Å²) < 4.78 is 0. The second-order valence-electron chi connectivity index (χ2n) is 15.1. The van der Waals surface area contributed by atoms with Crippen LogP contribution in [-0.2, 0) is 0 Å². The number of nitrogens with zero attached hydrogens (tertiary/aromatic N) is 2. The molecule has 0 fully saturated rings. The van der Waals surface area contributed by atoms with Gasteiger partial charge in [-0.3, -0.25) is 9.98 Å². The number of hydrogen-bond donors (Lipinski definition) is 6. The molecule has 4 aromatic rings. The maximum Gasteiger partial charge on any atom is 0.167 e. The van der Waals surface area contributed by atoms with Crippen LogP contribution in [0.5, 0.6) is 34.5 Å². The first-order valence-electron chi connectivity index (χ1n) is 19.2. The molecule has 0 radical (unpaired) electrons. The Morgan fingerprint density at radius 2 is 0.808 bits per heavy atom. The first-order chi connectivity index (χ1) is 24.7. The average molecular weight is 713 g/mol. The summed E-state index contributed by atoms with van der Waals surface area (Å²) in [5.74, 6) is -1.91. The van der Waals surface area contributed by atoms with E-state index in [1.165, 1.54) is 0 Å². The van der Waals surface area contributed by atoms with Crippen molar-refractivity contribution < 1.29 is 30.6 Å². The van der Waals surface area contributed by atoms with Crippen molar-refractivity contribution in [3.05, 3.63) is 45.5 Å². The molecular formula is C44H60N2O6. The Morgan fingerprint density at radius 1 is 0.500 bits per heavy atom. The van der Waals surface area contributed by atoms with E-state index in [0.29, 0.717) is 54.9 Å². The van der Waals surface area contributed by atoms with Crippen molar-refractivity contribution in [2.24, 2.45) is 9.98 Å². The molecule has 0 aromatic heterocycles. The fourth-order valence-corrected chi connectivity index (χ4v) is 7.90. The van der Waals surface area contributed by atoms with Gasteiger partial charge in [-0.2, -0.15) is 0 Å². The van der Waals surface area contributed by atoms with Gasteiger partial charge in [0, 0.05) is 68.7 Å². The Bertz CT molecular complexity index is 1840. The molecule has 0 atom stereocenters. The van der Waals surface area contributed by atoms with Gasteiger partial charge in [0.05, 0.1) is 0 Å². The summed E-state index contributed by atoms with van der Waals surface area (Å²) >= 11 is 0. The molecule has 0 aliphatic carbocycles. The van der Waals surface area contributed by atoms with Gasteiger partial charge in [0.25, 0.3) is 0 Å². The van der Waals surface area contributed by atoms with Crippen LogP contribution in [0.25, 0.3) is 32.7 Å². The minimum absolute atomic E-state index is 0.0174. The van der Waals surface area contributed by atoms with Gasteiger partial charge >= 0.3 is 0 Å². The molecule has 0 aliphatic heterocycles. The van der Waals surface area contributed by atoms with Crippen LogP contribution in [0.2, 0.25) is 0 Å². The number of phenols is 6. The Balaban J connectivity index is 2.19. The van der Waals surface area contributed by atoms with E-state index in [1.807, 2.05) is 53.7 Å². The Morgan fingerprint density at radius 3 is 1.08 bits per heavy atom. The third kappa shape index (κ3) is 7.53. The molecule has 8 heteroatoms. The third-order valence-electron chi connectivity index (χ3n) is 10.3. The van der Waals surface area contributed by atoms with Gasteiger partial charge < -0.3 is 30.6 Å². The summed E-state index contributed by atoms with van der Waals surface area (Å²) in [5, 5.41) is 72.2. The minimum Gasteiger partial charge on any atom is -0.507 e. The molecule has 8 nitrogen and oxygen atoms in total. The van der Waals surface area contributed by atoms with Crippen molar-refractivity contribution in [3.8, 4) is 45.6 Å². The van der Waals surface area contributed by atoms with Crippen LogP contribution < -0.4 is 0 Å². The summed E-state index contributed by atoms with van der Waals surface area (Å²) in [4.78, 5) is 9.67. The standard InChI is InChI=1S/C44H60N2O6/c1-11-15-27(16-12-2)45-21-31-37-29(33(23(5)6)43(51)39(31)47)19-25(9)35(41(37)49)36-26(10)20-30-34(24(7)8)44(52)40(48)32(38(30)42(36)50)22-46-28(17-13-3)18-14-4/h19-24,27-28,47-52H,11-18H2,1-10H3. The second-order valence-corrected chi connectivity index (χ2v) is 15.1. The lowest BCUT2D eigenvalue weighted by molar-refractivity contribution is 0.398. The minimum atomic E-state index is -0.356. The molecular weight excluding hydrogens is 652 g/mol. The van der Waals surface area contributed by atoms with Crippen molar-refractivity contribution in [2.45, 2.75) is 145 Å². The monoisotopic (exact) mass is 712 g/mol. The Kier molecular flexibility index (Phi) is 13.1. The zero-order valence-corrected chi connectivity index (χ0v) is 32.9. The van der Waals surface area contributed by atoms with Crippen molar-refractivity contribution in [1.29, 1.82) is 0 Å². The lowest BCUT2D eigenvalue weighted by atomic mass is 9.83. The number of aromatic hydroxyl groups is 6. The summed E-state index contributed by atoms with van der Waals surface area (Å²) in [6.45, 7) is 19.8. The van der Waals surface area contributed by atoms with Gasteiger partial charge in [0.15, 0.2) is 23.0 Å². The molecule has 0 unspecified atom stereocenters. The van der Waals surface area contributed by atoms with Gasteiger partial charge in [-0.15, -0.1) is 0 Å². The lowest BCUT2D eigenvalue weighted by Crippen LogP contribution is -2.05. The van der Waals surface area contributed by atoms with E-state index in [4.69, 9.17) is 9.98 Å². The molecule has 6 N–H and O–H groups in total. The molecule has 4 aromatic carbocycles. The van der Waals surface area contributed by atoms with Crippen molar-refractivity contribution in [1.82, 2.24) is 0 Å². The van der Waals surface area contributed by atoms with Gasteiger partial charge in [-0.1, -0.05) is 93.2 Å². The van der Waals surface area contributed by atoms with Crippen molar-refractivity contribution in [3.63, 3.8) is 0 Å². The quantitative estimate of drug-likeness (QED) is 0.0534. The first kappa shape index (κ1) is 40.3. The molecule has 0 bridgehead atoms. The van der Waals surface area contributed by atoms with Crippen molar-refractivity contribution >= 4 is 34.0 Å². The molecule has 4 rings (SSSR count). The maximum absolute atomic E-state index is 12.4. The van der Waals surface area contributed by atoms with Gasteiger partial charge in [0.2, 0.25) is 0 Å². The Hall–Kier alpha value is -4.46. The number of rotatable bonds is 15. The maximum atomic E-state index is 12.4. The smallest absolute Gasteiger partial charge is 0.167 e. The van der Waals surface area contributed by atoms with E-state index in [2.05, 4.69) is 27.7 Å². The zero-order chi connectivity index (χ0) is 38.6. The molecule has 0 aliphatic rings. The normalized spacial score (nSPS) is 12.5. The highest BCUT2D eigenvalue weighted by molar-refractivity contribution is 6.15. The van der Waals surface area contributed by atoms with Crippen LogP contribution in [0.4, 0.5) is 0 Å².